The Labute approximate surface area is 113 Å². The summed E-state index contributed by atoms with van der Waals surface area (Å²) in [4.78, 5) is 11.1. The molecule has 2 unspecified atom stereocenters. The van der Waals surface area contributed by atoms with Gasteiger partial charge in [0.25, 0.3) is 0 Å². The van der Waals surface area contributed by atoms with Crippen LogP contribution in [-0.4, -0.2) is 27.5 Å². The summed E-state index contributed by atoms with van der Waals surface area (Å²) in [5, 5.41) is 0.226. The van der Waals surface area contributed by atoms with Crippen LogP contribution >= 0.6 is 0 Å². The summed E-state index contributed by atoms with van der Waals surface area (Å²) in [5.41, 5.74) is 0. The molecule has 0 aliphatic carbocycles. The summed E-state index contributed by atoms with van der Waals surface area (Å²) in [5.74, 6) is 0.236. The van der Waals surface area contributed by atoms with Gasteiger partial charge in [0.05, 0.1) is 7.11 Å². The van der Waals surface area contributed by atoms with E-state index in [9.17, 15) is 4.79 Å². The third-order valence-corrected chi connectivity index (χ3v) is 8.69. The fourth-order valence-corrected chi connectivity index (χ4v) is 2.96. The molecule has 108 valence electrons. The predicted molar refractivity (Wildman–Crippen MR) is 78.2 cm³/mol. The number of hydrogen-bond acceptors (Lipinski definition) is 3. The first kappa shape index (κ1) is 17.6. The average Bonchev–Trinajstić information content (AvgIpc) is 2.22. The van der Waals surface area contributed by atoms with Gasteiger partial charge in [0.1, 0.15) is 0 Å². The van der Waals surface area contributed by atoms with Crippen molar-refractivity contribution in [3.63, 3.8) is 0 Å². The number of ether oxygens (including phenoxy) is 1. The number of carbonyl (C=O) groups is 1. The van der Waals surface area contributed by atoms with Crippen LogP contribution in [0.3, 0.4) is 0 Å². The van der Waals surface area contributed by atoms with Gasteiger partial charge in [0.15, 0.2) is 8.32 Å². The van der Waals surface area contributed by atoms with E-state index in [2.05, 4.69) is 52.4 Å². The van der Waals surface area contributed by atoms with E-state index in [-0.39, 0.29) is 17.1 Å². The van der Waals surface area contributed by atoms with E-state index < -0.39 is 8.32 Å². The largest absolute Gasteiger partial charge is 0.469 e. The molecule has 0 radical (unpaired) electrons. The van der Waals surface area contributed by atoms with Crippen molar-refractivity contribution in [2.75, 3.05) is 7.11 Å². The molecule has 4 heteroatoms. The lowest BCUT2D eigenvalue weighted by atomic mass is 10.0. The first-order valence-corrected chi connectivity index (χ1v) is 9.66. The van der Waals surface area contributed by atoms with E-state index in [1.807, 2.05) is 0 Å². The van der Waals surface area contributed by atoms with E-state index in [1.165, 1.54) is 7.11 Å². The summed E-state index contributed by atoms with van der Waals surface area (Å²) in [6.07, 6.45) is 1.49. The van der Waals surface area contributed by atoms with Crippen molar-refractivity contribution in [3.8, 4) is 0 Å². The lowest BCUT2D eigenvalue weighted by Crippen LogP contribution is -2.44. The van der Waals surface area contributed by atoms with Crippen LogP contribution in [0.15, 0.2) is 0 Å². The maximum absolute atomic E-state index is 11.1. The van der Waals surface area contributed by atoms with Crippen LogP contribution in [0.4, 0.5) is 0 Å². The van der Waals surface area contributed by atoms with Crippen molar-refractivity contribution in [3.05, 3.63) is 0 Å². The quantitative estimate of drug-likeness (QED) is 0.543. The highest BCUT2D eigenvalue weighted by molar-refractivity contribution is 6.74. The number of rotatable bonds is 6. The highest BCUT2D eigenvalue weighted by Gasteiger charge is 2.39. The van der Waals surface area contributed by atoms with Gasteiger partial charge in [0, 0.05) is 12.5 Å². The molecular formula is C14H30O3Si. The molecule has 0 amide bonds. The monoisotopic (exact) mass is 274 g/mol. The summed E-state index contributed by atoms with van der Waals surface area (Å²) in [6, 6.07) is 0. The van der Waals surface area contributed by atoms with E-state index in [0.717, 1.165) is 6.42 Å². The van der Waals surface area contributed by atoms with E-state index in [1.54, 1.807) is 0 Å². The standard InChI is InChI=1S/C14H30O3Si/c1-11(9-10-13(15)16-6)12(2)17-18(7,8)14(3,4)5/h11-12H,9-10H2,1-8H3. The molecule has 0 rings (SSSR count). The zero-order valence-electron chi connectivity index (χ0n) is 13.3. The second kappa shape index (κ2) is 6.71. The van der Waals surface area contributed by atoms with Crippen LogP contribution in [0.25, 0.3) is 0 Å². The molecule has 0 aromatic heterocycles. The molecule has 0 bridgehead atoms. The molecule has 2 atom stereocenters. The summed E-state index contributed by atoms with van der Waals surface area (Å²) >= 11 is 0. The van der Waals surface area contributed by atoms with Crippen LogP contribution in [-0.2, 0) is 14.0 Å². The fourth-order valence-electron chi connectivity index (χ4n) is 1.44. The van der Waals surface area contributed by atoms with Gasteiger partial charge in [0.2, 0.25) is 0 Å². The van der Waals surface area contributed by atoms with Crippen molar-refractivity contribution < 1.29 is 14.0 Å². The highest BCUT2D eigenvalue weighted by atomic mass is 28.4. The predicted octanol–water partition coefficient (Wildman–Crippen LogP) is 3.99. The molecule has 0 heterocycles. The van der Waals surface area contributed by atoms with Gasteiger partial charge in [-0.15, -0.1) is 0 Å². The summed E-state index contributed by atoms with van der Waals surface area (Å²) < 4.78 is 11.0. The normalized spacial score (nSPS) is 16.2. The lowest BCUT2D eigenvalue weighted by Gasteiger charge is -2.40. The number of hydrogen-bond donors (Lipinski definition) is 0. The van der Waals surface area contributed by atoms with Gasteiger partial charge in [-0.05, 0) is 37.4 Å². The van der Waals surface area contributed by atoms with E-state index in [4.69, 9.17) is 4.43 Å². The minimum absolute atomic E-state index is 0.138. The van der Waals surface area contributed by atoms with Crippen molar-refractivity contribution in [1.82, 2.24) is 0 Å². The van der Waals surface area contributed by atoms with Crippen LogP contribution < -0.4 is 0 Å². The van der Waals surface area contributed by atoms with Gasteiger partial charge in [-0.25, -0.2) is 0 Å². The number of methoxy groups -OCH3 is 1. The van der Waals surface area contributed by atoms with Crippen molar-refractivity contribution in [2.24, 2.45) is 5.92 Å². The van der Waals surface area contributed by atoms with Crippen LogP contribution in [0, 0.1) is 5.92 Å². The van der Waals surface area contributed by atoms with Crippen LogP contribution in [0.5, 0.6) is 0 Å². The van der Waals surface area contributed by atoms with Crippen LogP contribution in [0.1, 0.15) is 47.5 Å². The maximum atomic E-state index is 11.1. The zero-order chi connectivity index (χ0) is 14.6. The molecule has 3 nitrogen and oxygen atoms in total. The molecule has 0 aromatic rings. The first-order valence-electron chi connectivity index (χ1n) is 6.76. The molecule has 0 aromatic carbocycles. The minimum atomic E-state index is -1.71. The Morgan fingerprint density at radius 1 is 1.22 bits per heavy atom. The van der Waals surface area contributed by atoms with E-state index in [0.29, 0.717) is 12.3 Å². The van der Waals surface area contributed by atoms with Crippen molar-refractivity contribution in [1.29, 1.82) is 0 Å². The SMILES string of the molecule is COC(=O)CCC(C)C(C)O[Si](C)(C)C(C)(C)C. The zero-order valence-corrected chi connectivity index (χ0v) is 14.3. The van der Waals surface area contributed by atoms with Crippen molar-refractivity contribution in [2.45, 2.75) is 71.7 Å². The Bertz CT molecular complexity index is 269. The summed E-state index contributed by atoms with van der Waals surface area (Å²) in [7, 11) is -0.278. The van der Waals surface area contributed by atoms with Gasteiger partial charge in [-0.2, -0.15) is 0 Å². The van der Waals surface area contributed by atoms with Gasteiger partial charge >= 0.3 is 5.97 Å². The summed E-state index contributed by atoms with van der Waals surface area (Å²) in [6.45, 7) is 15.5. The molecule has 0 saturated heterocycles. The molecule has 0 aliphatic heterocycles. The molecule has 0 N–H and O–H groups in total. The third-order valence-electron chi connectivity index (χ3n) is 4.12. The Balaban J connectivity index is 4.32. The molecule has 0 saturated carbocycles. The van der Waals surface area contributed by atoms with Gasteiger partial charge in [-0.1, -0.05) is 27.7 Å². The van der Waals surface area contributed by atoms with Gasteiger partial charge < -0.3 is 9.16 Å². The van der Waals surface area contributed by atoms with E-state index >= 15 is 0 Å². The Kier molecular flexibility index (Phi) is 6.58. The maximum Gasteiger partial charge on any atom is 0.305 e. The van der Waals surface area contributed by atoms with Crippen LogP contribution in [0.2, 0.25) is 18.1 Å². The molecule has 0 spiro atoms. The first-order chi connectivity index (χ1) is 8.01. The fraction of sp³-hybridized carbons (Fsp3) is 0.929. The molecule has 0 fully saturated rings. The Hall–Kier alpha value is -0.353. The minimum Gasteiger partial charge on any atom is -0.469 e. The third kappa shape index (κ3) is 5.53. The Morgan fingerprint density at radius 2 is 1.72 bits per heavy atom. The average molecular weight is 274 g/mol. The number of esters is 1. The second-order valence-corrected chi connectivity index (χ2v) is 11.4. The molecule has 0 aliphatic rings. The van der Waals surface area contributed by atoms with Gasteiger partial charge in [-0.3, -0.25) is 4.79 Å². The smallest absolute Gasteiger partial charge is 0.305 e. The second-order valence-electron chi connectivity index (χ2n) is 6.68. The topological polar surface area (TPSA) is 35.5 Å². The Morgan fingerprint density at radius 3 is 2.11 bits per heavy atom. The lowest BCUT2D eigenvalue weighted by molar-refractivity contribution is -0.141. The number of carbonyl (C=O) groups excluding carboxylic acids is 1. The molecule has 18 heavy (non-hydrogen) atoms. The molecular weight excluding hydrogens is 244 g/mol. The highest BCUT2D eigenvalue weighted by Crippen LogP contribution is 2.38. The van der Waals surface area contributed by atoms with Crippen molar-refractivity contribution >= 4 is 14.3 Å².